The molecule has 48 valence electrons. The summed E-state index contributed by atoms with van der Waals surface area (Å²) in [6, 6.07) is 0. The summed E-state index contributed by atoms with van der Waals surface area (Å²) < 4.78 is 0. The topological polar surface area (TPSA) is 43.1 Å². The van der Waals surface area contributed by atoms with Crippen molar-refractivity contribution < 1.29 is 4.79 Å². The van der Waals surface area contributed by atoms with Crippen LogP contribution in [0, 0.1) is 0 Å². The van der Waals surface area contributed by atoms with E-state index in [9.17, 15) is 4.79 Å². The van der Waals surface area contributed by atoms with Gasteiger partial charge in [-0.2, -0.15) is 0 Å². The second kappa shape index (κ2) is 15.7. The maximum absolute atomic E-state index is 9.47. The van der Waals surface area contributed by atoms with Crippen molar-refractivity contribution in [1.82, 2.24) is 0 Å². The van der Waals surface area contributed by atoms with Crippen LogP contribution in [0.15, 0.2) is 25.3 Å². The molecule has 0 unspecified atom stereocenters. The van der Waals surface area contributed by atoms with Crippen LogP contribution in [0.5, 0.6) is 0 Å². The fourth-order valence-corrected chi connectivity index (χ4v) is 0. The van der Waals surface area contributed by atoms with Crippen LogP contribution in [0.2, 0.25) is 0 Å². The summed E-state index contributed by atoms with van der Waals surface area (Å²) in [6.07, 6.45) is 2.81. The molecule has 0 saturated carbocycles. The van der Waals surface area contributed by atoms with Crippen LogP contribution in [-0.2, 0) is 4.79 Å². The van der Waals surface area contributed by atoms with E-state index >= 15 is 0 Å². The summed E-state index contributed by atoms with van der Waals surface area (Å²) in [5.41, 5.74) is 4.53. The zero-order chi connectivity index (χ0) is 6.99. The predicted octanol–water partition coefficient (Wildman–Crippen LogP) is 0.201. The van der Waals surface area contributed by atoms with Crippen molar-refractivity contribution in [2.24, 2.45) is 5.73 Å². The van der Waals surface area contributed by atoms with Crippen molar-refractivity contribution >= 4 is 35.5 Å². The molecule has 0 aliphatic rings. The molecular weight excluding hydrogens is 125 g/mol. The van der Waals surface area contributed by atoms with Crippen LogP contribution in [0.1, 0.15) is 6.92 Å². The van der Waals surface area contributed by atoms with Gasteiger partial charge in [0, 0.05) is 0 Å². The fraction of sp³-hybridized carbons (Fsp3) is 0.167. The average molecular weight is 137 g/mol. The number of amides is 1. The Balaban J connectivity index is -0.0000000800. The van der Waals surface area contributed by atoms with E-state index in [-0.39, 0.29) is 29.6 Å². The molecule has 0 aromatic heterocycles. The number of hydrogen-bond acceptors (Lipinski definition) is 1. The number of allylic oxidation sites excluding steroid dienone is 1. The summed E-state index contributed by atoms with van der Waals surface area (Å²) in [7, 11) is 0. The van der Waals surface area contributed by atoms with E-state index in [2.05, 4.69) is 18.9 Å². The molecule has 0 aromatic rings. The fourth-order valence-electron chi connectivity index (χ4n) is 0. The van der Waals surface area contributed by atoms with E-state index in [1.54, 1.807) is 6.08 Å². The second-order valence-electron chi connectivity index (χ2n) is 1.01. The van der Waals surface area contributed by atoms with E-state index in [4.69, 9.17) is 0 Å². The zero-order valence-electron chi connectivity index (χ0n) is 5.05. The molecule has 0 radical (unpaired) electrons. The Labute approximate surface area is 78.1 Å². The van der Waals surface area contributed by atoms with Gasteiger partial charge in [0.05, 0.1) is 0 Å². The summed E-state index contributed by atoms with van der Waals surface area (Å²) in [5.74, 6) is -0.481. The number of primary amides is 1. The molecule has 3 heteroatoms. The molecule has 1 amide bonds. The third-order valence-corrected chi connectivity index (χ3v) is 0.201. The van der Waals surface area contributed by atoms with Gasteiger partial charge in [0.2, 0.25) is 5.91 Å². The summed E-state index contributed by atoms with van der Waals surface area (Å²) in [4.78, 5) is 9.47. The molecule has 2 N–H and O–H groups in total. The molecule has 0 spiro atoms. The van der Waals surface area contributed by atoms with E-state index in [1.165, 1.54) is 0 Å². The number of hydrogen-bond donors (Lipinski definition) is 1. The van der Waals surface area contributed by atoms with Gasteiger partial charge in [-0.3, -0.25) is 4.79 Å². The molecule has 0 saturated heterocycles. The monoisotopic (exact) mass is 137 g/mol. The summed E-state index contributed by atoms with van der Waals surface area (Å²) >= 11 is 0. The molecule has 2 nitrogen and oxygen atoms in total. The summed E-state index contributed by atoms with van der Waals surface area (Å²) in [6.45, 7) is 8.34. The summed E-state index contributed by atoms with van der Waals surface area (Å²) in [5, 5.41) is 0. The van der Waals surface area contributed by atoms with Crippen LogP contribution in [0.3, 0.4) is 0 Å². The van der Waals surface area contributed by atoms with Gasteiger partial charge in [0.1, 0.15) is 0 Å². The minimum absolute atomic E-state index is 0. The van der Waals surface area contributed by atoms with Gasteiger partial charge < -0.3 is 5.73 Å². The molecule has 0 atom stereocenters. The molecule has 0 fully saturated rings. The van der Waals surface area contributed by atoms with Crippen molar-refractivity contribution in [2.45, 2.75) is 6.92 Å². The first-order chi connectivity index (χ1) is 3.68. The molecule has 0 rings (SSSR count). The van der Waals surface area contributed by atoms with E-state index in [1.807, 2.05) is 6.92 Å². The van der Waals surface area contributed by atoms with E-state index in [0.717, 1.165) is 6.08 Å². The SMILES string of the molecule is C=CC.C=CC(N)=O.[NaH]. The van der Waals surface area contributed by atoms with Gasteiger partial charge in [-0.25, -0.2) is 0 Å². The van der Waals surface area contributed by atoms with Crippen molar-refractivity contribution in [2.75, 3.05) is 0 Å². The first-order valence-electron chi connectivity index (χ1n) is 2.18. The standard InChI is InChI=1S/C3H5NO.C3H6.Na.H/c1-2-3(4)5;1-3-2;;/h2H,1H2,(H2,4,5);3H,1H2,2H3;;. The van der Waals surface area contributed by atoms with Crippen LogP contribution in [0.25, 0.3) is 0 Å². The number of carbonyl (C=O) groups is 1. The maximum atomic E-state index is 9.47. The molecule has 0 bridgehead atoms. The number of carbonyl (C=O) groups excluding carboxylic acids is 1. The second-order valence-corrected chi connectivity index (χ2v) is 1.01. The average Bonchev–Trinajstić information content (AvgIpc) is 1.69. The Bertz CT molecular complexity index is 91.1. The Morgan fingerprint density at radius 2 is 1.67 bits per heavy atom. The van der Waals surface area contributed by atoms with Gasteiger partial charge in [0.25, 0.3) is 0 Å². The van der Waals surface area contributed by atoms with Crippen LogP contribution in [0.4, 0.5) is 0 Å². The third kappa shape index (κ3) is 74.0. The first-order valence-corrected chi connectivity index (χ1v) is 2.18. The Morgan fingerprint density at radius 3 is 1.67 bits per heavy atom. The number of rotatable bonds is 1. The first kappa shape index (κ1) is 16.0. The Morgan fingerprint density at radius 1 is 1.56 bits per heavy atom. The van der Waals surface area contributed by atoms with Crippen molar-refractivity contribution in [3.05, 3.63) is 25.3 Å². The van der Waals surface area contributed by atoms with Gasteiger partial charge in [-0.15, -0.1) is 6.58 Å². The van der Waals surface area contributed by atoms with Gasteiger partial charge >= 0.3 is 29.6 Å². The van der Waals surface area contributed by atoms with E-state index in [0.29, 0.717) is 0 Å². The Hall–Kier alpha value is -0.0500. The van der Waals surface area contributed by atoms with Crippen LogP contribution >= 0.6 is 0 Å². The molecule has 0 aliphatic heterocycles. The Kier molecular flexibility index (Phi) is 27.8. The van der Waals surface area contributed by atoms with Crippen molar-refractivity contribution in [1.29, 1.82) is 0 Å². The molecule has 0 heterocycles. The quantitative estimate of drug-likeness (QED) is 0.313. The normalized spacial score (nSPS) is 5.00. The molecule has 0 aromatic carbocycles. The number of nitrogens with two attached hydrogens (primary N) is 1. The van der Waals surface area contributed by atoms with Gasteiger partial charge in [-0.05, 0) is 13.0 Å². The third-order valence-electron chi connectivity index (χ3n) is 0.201. The molecular formula is C6H12NNaO. The predicted molar refractivity (Wildman–Crippen MR) is 42.4 cm³/mol. The van der Waals surface area contributed by atoms with Crippen LogP contribution in [-0.4, -0.2) is 35.5 Å². The minimum atomic E-state index is -0.481. The van der Waals surface area contributed by atoms with Gasteiger partial charge in [-0.1, -0.05) is 12.7 Å². The van der Waals surface area contributed by atoms with Crippen molar-refractivity contribution in [3.63, 3.8) is 0 Å². The molecule has 0 aliphatic carbocycles. The zero-order valence-corrected chi connectivity index (χ0v) is 5.05. The molecule has 9 heavy (non-hydrogen) atoms. The van der Waals surface area contributed by atoms with Gasteiger partial charge in [0.15, 0.2) is 0 Å². The van der Waals surface area contributed by atoms with Crippen LogP contribution < -0.4 is 5.73 Å². The van der Waals surface area contributed by atoms with E-state index < -0.39 is 5.91 Å². The van der Waals surface area contributed by atoms with Crippen molar-refractivity contribution in [3.8, 4) is 0 Å².